The Morgan fingerprint density at radius 3 is 2.35 bits per heavy atom. The zero-order valence-corrected chi connectivity index (χ0v) is 13.7. The first-order chi connectivity index (χ1) is 11.0. The highest BCUT2D eigenvalue weighted by Crippen LogP contribution is 2.14. The predicted octanol–water partition coefficient (Wildman–Crippen LogP) is 2.80. The third-order valence-corrected chi connectivity index (χ3v) is 3.40. The van der Waals surface area contributed by atoms with Gasteiger partial charge in [-0.1, -0.05) is 35.9 Å². The Morgan fingerprint density at radius 2 is 1.70 bits per heavy atom. The van der Waals surface area contributed by atoms with E-state index in [0.717, 1.165) is 5.56 Å². The SMILES string of the molecule is CC(C)NC(=O)c1cccc(C(=O)NCc2ccccc2Cl)n1. The van der Waals surface area contributed by atoms with Crippen molar-refractivity contribution in [1.82, 2.24) is 15.6 Å². The first-order valence-electron chi connectivity index (χ1n) is 7.27. The molecule has 0 fully saturated rings. The molecule has 2 N–H and O–H groups in total. The summed E-state index contributed by atoms with van der Waals surface area (Å²) in [6.45, 7) is 4.01. The predicted molar refractivity (Wildman–Crippen MR) is 89.5 cm³/mol. The number of aromatic nitrogens is 1. The summed E-state index contributed by atoms with van der Waals surface area (Å²) >= 11 is 6.05. The summed E-state index contributed by atoms with van der Waals surface area (Å²) in [6.07, 6.45) is 0. The number of rotatable bonds is 5. The Hall–Kier alpha value is -2.40. The summed E-state index contributed by atoms with van der Waals surface area (Å²) in [5.74, 6) is -0.662. The average Bonchev–Trinajstić information content (AvgIpc) is 2.53. The second kappa shape index (κ2) is 7.74. The maximum Gasteiger partial charge on any atom is 0.270 e. The highest BCUT2D eigenvalue weighted by Gasteiger charge is 2.13. The van der Waals surface area contributed by atoms with Crippen LogP contribution in [0.25, 0.3) is 0 Å². The van der Waals surface area contributed by atoms with Gasteiger partial charge in [-0.25, -0.2) is 4.98 Å². The number of amides is 2. The number of nitrogens with one attached hydrogen (secondary N) is 2. The smallest absolute Gasteiger partial charge is 0.270 e. The molecule has 0 bridgehead atoms. The second-order valence-electron chi connectivity index (χ2n) is 5.31. The van der Waals surface area contributed by atoms with Gasteiger partial charge in [-0.05, 0) is 37.6 Å². The second-order valence-corrected chi connectivity index (χ2v) is 5.72. The molecule has 23 heavy (non-hydrogen) atoms. The van der Waals surface area contributed by atoms with Gasteiger partial charge in [-0.2, -0.15) is 0 Å². The van der Waals surface area contributed by atoms with E-state index < -0.39 is 0 Å². The van der Waals surface area contributed by atoms with E-state index in [9.17, 15) is 9.59 Å². The molecule has 5 nitrogen and oxygen atoms in total. The number of carbonyl (C=O) groups excluding carboxylic acids is 2. The molecule has 0 saturated carbocycles. The lowest BCUT2D eigenvalue weighted by atomic mass is 10.2. The average molecular weight is 332 g/mol. The van der Waals surface area contributed by atoms with Crippen LogP contribution in [0.15, 0.2) is 42.5 Å². The molecule has 2 rings (SSSR count). The van der Waals surface area contributed by atoms with Crippen LogP contribution >= 0.6 is 11.6 Å². The maximum atomic E-state index is 12.2. The van der Waals surface area contributed by atoms with E-state index >= 15 is 0 Å². The molecule has 0 saturated heterocycles. The van der Waals surface area contributed by atoms with Crippen molar-refractivity contribution in [3.63, 3.8) is 0 Å². The number of halogens is 1. The normalized spacial score (nSPS) is 10.4. The van der Waals surface area contributed by atoms with Crippen LogP contribution in [-0.4, -0.2) is 22.8 Å². The number of carbonyl (C=O) groups is 2. The molecule has 2 amide bonds. The Balaban J connectivity index is 2.05. The minimum atomic E-state index is -0.357. The molecule has 0 spiro atoms. The van der Waals surface area contributed by atoms with Gasteiger partial charge in [0.25, 0.3) is 11.8 Å². The molecule has 120 valence electrons. The van der Waals surface area contributed by atoms with E-state index in [4.69, 9.17) is 11.6 Å². The maximum absolute atomic E-state index is 12.2. The fraction of sp³-hybridized carbons (Fsp3) is 0.235. The summed E-state index contributed by atoms with van der Waals surface area (Å²) in [6, 6.07) is 12.0. The van der Waals surface area contributed by atoms with Crippen LogP contribution in [0.4, 0.5) is 0 Å². The number of pyridine rings is 1. The van der Waals surface area contributed by atoms with Gasteiger partial charge in [0.1, 0.15) is 11.4 Å². The molecule has 0 radical (unpaired) electrons. The van der Waals surface area contributed by atoms with Crippen molar-refractivity contribution in [2.75, 3.05) is 0 Å². The van der Waals surface area contributed by atoms with E-state index in [1.807, 2.05) is 32.0 Å². The fourth-order valence-corrected chi connectivity index (χ4v) is 2.13. The molecule has 0 unspecified atom stereocenters. The van der Waals surface area contributed by atoms with Crippen LogP contribution in [0.5, 0.6) is 0 Å². The van der Waals surface area contributed by atoms with Crippen LogP contribution in [0, 0.1) is 0 Å². The zero-order chi connectivity index (χ0) is 16.8. The zero-order valence-electron chi connectivity index (χ0n) is 13.0. The molecular formula is C17H18ClN3O2. The Kier molecular flexibility index (Phi) is 5.71. The molecule has 6 heteroatoms. The quantitative estimate of drug-likeness (QED) is 0.885. The van der Waals surface area contributed by atoms with Gasteiger partial charge in [0, 0.05) is 17.6 Å². The van der Waals surface area contributed by atoms with E-state index in [0.29, 0.717) is 11.6 Å². The largest absolute Gasteiger partial charge is 0.349 e. The van der Waals surface area contributed by atoms with Gasteiger partial charge in [-0.3, -0.25) is 9.59 Å². The van der Waals surface area contributed by atoms with Gasteiger partial charge in [0.05, 0.1) is 0 Å². The number of benzene rings is 1. The van der Waals surface area contributed by atoms with Crippen LogP contribution in [0.1, 0.15) is 40.4 Å². The highest BCUT2D eigenvalue weighted by atomic mass is 35.5. The van der Waals surface area contributed by atoms with E-state index in [1.165, 1.54) is 0 Å². The Labute approximate surface area is 140 Å². The topological polar surface area (TPSA) is 71.1 Å². The first kappa shape index (κ1) is 17.0. The lowest BCUT2D eigenvalue weighted by Gasteiger charge is -2.09. The van der Waals surface area contributed by atoms with Crippen molar-refractivity contribution in [2.24, 2.45) is 0 Å². The molecule has 1 heterocycles. The lowest BCUT2D eigenvalue weighted by molar-refractivity contribution is 0.0936. The minimum absolute atomic E-state index is 0.00186. The molecule has 2 aromatic rings. The van der Waals surface area contributed by atoms with Crippen molar-refractivity contribution in [1.29, 1.82) is 0 Å². The molecule has 1 aromatic heterocycles. The van der Waals surface area contributed by atoms with Gasteiger partial charge in [0.15, 0.2) is 0 Å². The molecular weight excluding hydrogens is 314 g/mol. The van der Waals surface area contributed by atoms with Crippen LogP contribution in [-0.2, 0) is 6.54 Å². The number of hydrogen-bond acceptors (Lipinski definition) is 3. The molecule has 0 aliphatic heterocycles. The molecule has 0 atom stereocenters. The summed E-state index contributed by atoms with van der Waals surface area (Å²) in [7, 11) is 0. The van der Waals surface area contributed by atoms with E-state index in [-0.39, 0.29) is 29.2 Å². The van der Waals surface area contributed by atoms with E-state index in [2.05, 4.69) is 15.6 Å². The third kappa shape index (κ3) is 4.79. The Morgan fingerprint density at radius 1 is 1.04 bits per heavy atom. The monoisotopic (exact) mass is 331 g/mol. The lowest BCUT2D eigenvalue weighted by Crippen LogP contribution is -2.31. The van der Waals surface area contributed by atoms with Gasteiger partial charge >= 0.3 is 0 Å². The van der Waals surface area contributed by atoms with E-state index in [1.54, 1.807) is 24.3 Å². The minimum Gasteiger partial charge on any atom is -0.349 e. The summed E-state index contributed by atoms with van der Waals surface area (Å²) in [4.78, 5) is 28.2. The summed E-state index contributed by atoms with van der Waals surface area (Å²) < 4.78 is 0. The number of hydrogen-bond donors (Lipinski definition) is 2. The Bertz CT molecular complexity index is 716. The van der Waals surface area contributed by atoms with Crippen molar-refractivity contribution in [3.8, 4) is 0 Å². The standard InChI is InChI=1S/C17H18ClN3O2/c1-11(2)20-17(23)15-9-5-8-14(21-15)16(22)19-10-12-6-3-4-7-13(12)18/h3-9,11H,10H2,1-2H3,(H,19,22)(H,20,23). The number of nitrogens with zero attached hydrogens (tertiary/aromatic N) is 1. The van der Waals surface area contributed by atoms with Gasteiger partial charge < -0.3 is 10.6 Å². The van der Waals surface area contributed by atoms with Crippen molar-refractivity contribution in [2.45, 2.75) is 26.4 Å². The van der Waals surface area contributed by atoms with Gasteiger partial charge in [0.2, 0.25) is 0 Å². The summed E-state index contributed by atoms with van der Waals surface area (Å²) in [5, 5.41) is 6.07. The van der Waals surface area contributed by atoms with Crippen LogP contribution < -0.4 is 10.6 Å². The highest BCUT2D eigenvalue weighted by molar-refractivity contribution is 6.31. The fourth-order valence-electron chi connectivity index (χ4n) is 1.93. The van der Waals surface area contributed by atoms with Crippen LogP contribution in [0.2, 0.25) is 5.02 Å². The third-order valence-electron chi connectivity index (χ3n) is 3.03. The van der Waals surface area contributed by atoms with Crippen molar-refractivity contribution >= 4 is 23.4 Å². The summed E-state index contributed by atoms with van der Waals surface area (Å²) in [5.41, 5.74) is 1.22. The van der Waals surface area contributed by atoms with Crippen molar-refractivity contribution < 1.29 is 9.59 Å². The molecule has 0 aliphatic carbocycles. The van der Waals surface area contributed by atoms with Crippen molar-refractivity contribution in [3.05, 3.63) is 64.4 Å². The molecule has 0 aliphatic rings. The molecule has 1 aromatic carbocycles. The van der Waals surface area contributed by atoms with Crippen LogP contribution in [0.3, 0.4) is 0 Å². The first-order valence-corrected chi connectivity index (χ1v) is 7.64. The van der Waals surface area contributed by atoms with Gasteiger partial charge in [-0.15, -0.1) is 0 Å².